The van der Waals surface area contributed by atoms with Crippen LogP contribution in [-0.2, 0) is 6.42 Å². The lowest BCUT2D eigenvalue weighted by Gasteiger charge is -2.17. The van der Waals surface area contributed by atoms with Crippen LogP contribution in [0.3, 0.4) is 0 Å². The summed E-state index contributed by atoms with van der Waals surface area (Å²) in [6, 6.07) is 11.3. The normalized spacial score (nSPS) is 11.2. The van der Waals surface area contributed by atoms with Crippen LogP contribution in [0.5, 0.6) is 0 Å². The van der Waals surface area contributed by atoms with Crippen LogP contribution in [0, 0.1) is 33.6 Å². The lowest BCUT2D eigenvalue weighted by atomic mass is 9.88. The molecule has 0 bridgehead atoms. The largest absolute Gasteiger partial charge is 0.0625 e. The minimum atomic E-state index is 0.699. The van der Waals surface area contributed by atoms with E-state index in [0.717, 1.165) is 6.42 Å². The van der Waals surface area contributed by atoms with Crippen LogP contribution in [0.4, 0.5) is 0 Å². The predicted molar refractivity (Wildman–Crippen MR) is 89.4 cm³/mol. The molecule has 0 N–H and O–H groups in total. The standard InChI is InChI=1S/C20H26/c1-13(2)12-18-8-7-9-19(17(18)6)20-11-10-14(3)15(4)16(20)5/h7-11,13H,12H2,1-6H3. The maximum Gasteiger partial charge on any atom is -0.0149 e. The maximum atomic E-state index is 2.29. The van der Waals surface area contributed by atoms with E-state index in [4.69, 9.17) is 0 Å². The first-order chi connectivity index (χ1) is 9.41. The van der Waals surface area contributed by atoms with Crippen molar-refractivity contribution in [3.8, 4) is 11.1 Å². The van der Waals surface area contributed by atoms with E-state index in [1.54, 1.807) is 0 Å². The number of hydrogen-bond donors (Lipinski definition) is 0. The quantitative estimate of drug-likeness (QED) is 0.660. The van der Waals surface area contributed by atoms with Gasteiger partial charge in [-0.05, 0) is 79.0 Å². The summed E-state index contributed by atoms with van der Waals surface area (Å²) in [5.41, 5.74) is 9.90. The predicted octanol–water partition coefficient (Wildman–Crippen LogP) is 5.79. The molecule has 106 valence electrons. The van der Waals surface area contributed by atoms with Crippen molar-refractivity contribution < 1.29 is 0 Å². The highest BCUT2D eigenvalue weighted by atomic mass is 14.2. The van der Waals surface area contributed by atoms with Crippen molar-refractivity contribution in [2.45, 2.75) is 48.0 Å². The minimum absolute atomic E-state index is 0.699. The zero-order valence-electron chi connectivity index (χ0n) is 13.7. The van der Waals surface area contributed by atoms with Crippen molar-refractivity contribution >= 4 is 0 Å². The Bertz CT molecular complexity index is 618. The molecule has 20 heavy (non-hydrogen) atoms. The van der Waals surface area contributed by atoms with Gasteiger partial charge < -0.3 is 0 Å². The molecule has 0 aliphatic rings. The summed E-state index contributed by atoms with van der Waals surface area (Å²) < 4.78 is 0. The molecule has 0 nitrogen and oxygen atoms in total. The average Bonchev–Trinajstić information content (AvgIpc) is 2.39. The van der Waals surface area contributed by atoms with Crippen LogP contribution >= 0.6 is 0 Å². The fourth-order valence-electron chi connectivity index (χ4n) is 2.88. The molecular formula is C20H26. The molecule has 0 heteroatoms. The van der Waals surface area contributed by atoms with Gasteiger partial charge in [0, 0.05) is 0 Å². The van der Waals surface area contributed by atoms with Gasteiger partial charge in [0.15, 0.2) is 0 Å². The highest BCUT2D eigenvalue weighted by Crippen LogP contribution is 2.31. The molecule has 0 aromatic heterocycles. The van der Waals surface area contributed by atoms with Gasteiger partial charge in [-0.2, -0.15) is 0 Å². The number of hydrogen-bond acceptors (Lipinski definition) is 0. The Balaban J connectivity index is 2.56. The third kappa shape index (κ3) is 2.80. The third-order valence-corrected chi connectivity index (χ3v) is 4.42. The second-order valence-electron chi connectivity index (χ2n) is 6.37. The summed E-state index contributed by atoms with van der Waals surface area (Å²) in [6.07, 6.45) is 1.16. The zero-order valence-corrected chi connectivity index (χ0v) is 13.7. The van der Waals surface area contributed by atoms with Crippen LogP contribution in [0.25, 0.3) is 11.1 Å². The summed E-state index contributed by atoms with van der Waals surface area (Å²) in [5, 5.41) is 0. The van der Waals surface area contributed by atoms with Crippen LogP contribution in [0.2, 0.25) is 0 Å². The first kappa shape index (κ1) is 14.8. The van der Waals surface area contributed by atoms with Crippen LogP contribution in [0.15, 0.2) is 30.3 Å². The zero-order chi connectivity index (χ0) is 14.9. The molecule has 0 aliphatic carbocycles. The van der Waals surface area contributed by atoms with Crippen molar-refractivity contribution in [3.63, 3.8) is 0 Å². The van der Waals surface area contributed by atoms with Crippen molar-refractivity contribution in [2.75, 3.05) is 0 Å². The second-order valence-corrected chi connectivity index (χ2v) is 6.37. The highest BCUT2D eigenvalue weighted by Gasteiger charge is 2.11. The maximum absolute atomic E-state index is 2.29. The fraction of sp³-hybridized carbons (Fsp3) is 0.400. The van der Waals surface area contributed by atoms with Crippen LogP contribution in [0.1, 0.15) is 41.7 Å². The van der Waals surface area contributed by atoms with E-state index in [9.17, 15) is 0 Å². The SMILES string of the molecule is Cc1ccc(-c2cccc(CC(C)C)c2C)c(C)c1C. The Kier molecular flexibility index (Phi) is 4.32. The van der Waals surface area contributed by atoms with Gasteiger partial charge in [-0.1, -0.05) is 44.2 Å². The first-order valence-corrected chi connectivity index (χ1v) is 7.57. The third-order valence-electron chi connectivity index (χ3n) is 4.42. The molecule has 2 aromatic carbocycles. The smallest absolute Gasteiger partial charge is 0.0149 e. The Labute approximate surface area is 123 Å². The summed E-state index contributed by atoms with van der Waals surface area (Å²) >= 11 is 0. The van der Waals surface area contributed by atoms with Gasteiger partial charge in [-0.25, -0.2) is 0 Å². The number of aryl methyl sites for hydroxylation is 1. The van der Waals surface area contributed by atoms with E-state index in [1.807, 2.05) is 0 Å². The number of rotatable bonds is 3. The van der Waals surface area contributed by atoms with E-state index < -0.39 is 0 Å². The highest BCUT2D eigenvalue weighted by molar-refractivity contribution is 5.73. The molecule has 2 rings (SSSR count). The van der Waals surface area contributed by atoms with Crippen molar-refractivity contribution in [3.05, 3.63) is 58.1 Å². The Morgan fingerprint density at radius 2 is 1.40 bits per heavy atom. The Hall–Kier alpha value is -1.56. The molecule has 0 radical (unpaired) electrons. The van der Waals surface area contributed by atoms with Gasteiger partial charge in [-0.3, -0.25) is 0 Å². The summed E-state index contributed by atoms with van der Waals surface area (Å²) in [7, 11) is 0. The first-order valence-electron chi connectivity index (χ1n) is 7.57. The lowest BCUT2D eigenvalue weighted by Crippen LogP contribution is -1.99. The molecule has 0 fully saturated rings. The van der Waals surface area contributed by atoms with E-state index in [0.29, 0.717) is 5.92 Å². The molecule has 0 saturated carbocycles. The minimum Gasteiger partial charge on any atom is -0.0625 e. The monoisotopic (exact) mass is 266 g/mol. The summed E-state index contributed by atoms with van der Waals surface area (Å²) in [4.78, 5) is 0. The molecular weight excluding hydrogens is 240 g/mol. The topological polar surface area (TPSA) is 0 Å². The van der Waals surface area contributed by atoms with Crippen molar-refractivity contribution in [1.82, 2.24) is 0 Å². The molecule has 2 aromatic rings. The number of benzene rings is 2. The average molecular weight is 266 g/mol. The van der Waals surface area contributed by atoms with Gasteiger partial charge >= 0.3 is 0 Å². The van der Waals surface area contributed by atoms with Crippen LogP contribution < -0.4 is 0 Å². The van der Waals surface area contributed by atoms with E-state index in [-0.39, 0.29) is 0 Å². The Morgan fingerprint density at radius 1 is 0.750 bits per heavy atom. The van der Waals surface area contributed by atoms with E-state index in [2.05, 4.69) is 71.9 Å². The van der Waals surface area contributed by atoms with Gasteiger partial charge in [0.05, 0.1) is 0 Å². The summed E-state index contributed by atoms with van der Waals surface area (Å²) in [6.45, 7) is 13.5. The molecule has 0 aliphatic heterocycles. The Morgan fingerprint density at radius 3 is 2.05 bits per heavy atom. The molecule has 0 atom stereocenters. The van der Waals surface area contributed by atoms with Gasteiger partial charge in [0.25, 0.3) is 0 Å². The molecule has 0 amide bonds. The van der Waals surface area contributed by atoms with Gasteiger partial charge in [0.2, 0.25) is 0 Å². The van der Waals surface area contributed by atoms with Gasteiger partial charge in [-0.15, -0.1) is 0 Å². The molecule has 0 saturated heterocycles. The fourth-order valence-corrected chi connectivity index (χ4v) is 2.88. The second kappa shape index (κ2) is 5.83. The van der Waals surface area contributed by atoms with Crippen LogP contribution in [-0.4, -0.2) is 0 Å². The van der Waals surface area contributed by atoms with Crippen molar-refractivity contribution in [2.24, 2.45) is 5.92 Å². The lowest BCUT2D eigenvalue weighted by molar-refractivity contribution is 0.645. The molecule has 0 unspecified atom stereocenters. The molecule has 0 heterocycles. The molecule has 0 spiro atoms. The van der Waals surface area contributed by atoms with Crippen molar-refractivity contribution in [1.29, 1.82) is 0 Å². The van der Waals surface area contributed by atoms with E-state index >= 15 is 0 Å². The van der Waals surface area contributed by atoms with Gasteiger partial charge in [0.1, 0.15) is 0 Å². The summed E-state index contributed by atoms with van der Waals surface area (Å²) in [5.74, 6) is 0.699. The van der Waals surface area contributed by atoms with E-state index in [1.165, 1.54) is 38.9 Å².